The number of thioether (sulfide) groups is 1. The molecule has 3 N–H and O–H groups in total. The number of carbonyl (C=O) groups excluding carboxylic acids is 1. The molecule has 1 aliphatic heterocycles. The standard InChI is InChI=1S/C12H22N2O4S/c1-19-6-4-2-3-5-13-12(18)14-8-9(15)7-10(14)11(16)17/h9-10,15H,2-8H2,1H3,(H,13,18)(H,16,17)/t9-,10-/m0/s1. The summed E-state index contributed by atoms with van der Waals surface area (Å²) < 4.78 is 0. The number of β-amino-alcohol motifs (C(OH)–C–C–N with tert-alkyl or cyclic N) is 1. The van der Waals surface area contributed by atoms with Crippen LogP contribution in [0.15, 0.2) is 0 Å². The molecule has 0 aromatic heterocycles. The van der Waals surface area contributed by atoms with Crippen LogP contribution in [0.4, 0.5) is 4.79 Å². The number of hydrogen-bond acceptors (Lipinski definition) is 4. The van der Waals surface area contributed by atoms with Crippen molar-refractivity contribution in [1.29, 1.82) is 0 Å². The summed E-state index contributed by atoms with van der Waals surface area (Å²) in [6.07, 6.45) is 4.49. The van der Waals surface area contributed by atoms with Gasteiger partial charge in [0.2, 0.25) is 0 Å². The second kappa shape index (κ2) is 8.27. The summed E-state index contributed by atoms with van der Waals surface area (Å²) in [4.78, 5) is 24.0. The summed E-state index contributed by atoms with van der Waals surface area (Å²) in [5, 5.41) is 21.1. The van der Waals surface area contributed by atoms with Crippen LogP contribution in [-0.4, -0.2) is 64.4 Å². The molecule has 1 aliphatic rings. The SMILES string of the molecule is CSCCCCCNC(=O)N1C[C@@H](O)C[C@H]1C(=O)O. The van der Waals surface area contributed by atoms with Crippen molar-refractivity contribution in [2.75, 3.05) is 25.1 Å². The van der Waals surface area contributed by atoms with Crippen LogP contribution in [0.5, 0.6) is 0 Å². The lowest BCUT2D eigenvalue weighted by molar-refractivity contribution is -0.141. The third-order valence-corrected chi connectivity index (χ3v) is 3.82. The fourth-order valence-corrected chi connectivity index (χ4v) is 2.61. The van der Waals surface area contributed by atoms with E-state index in [4.69, 9.17) is 5.11 Å². The smallest absolute Gasteiger partial charge is 0.326 e. The topological polar surface area (TPSA) is 89.9 Å². The molecule has 1 saturated heterocycles. The molecule has 6 nitrogen and oxygen atoms in total. The van der Waals surface area contributed by atoms with Crippen LogP contribution in [0.3, 0.4) is 0 Å². The number of urea groups is 1. The van der Waals surface area contributed by atoms with Crippen molar-refractivity contribution in [2.45, 2.75) is 37.8 Å². The molecule has 2 atom stereocenters. The first-order chi connectivity index (χ1) is 9.06. The van der Waals surface area contributed by atoms with Gasteiger partial charge in [-0.3, -0.25) is 0 Å². The number of aliphatic hydroxyl groups is 1. The Morgan fingerprint density at radius 2 is 2.11 bits per heavy atom. The average molecular weight is 290 g/mol. The van der Waals surface area contributed by atoms with Gasteiger partial charge in [0.1, 0.15) is 6.04 Å². The lowest BCUT2D eigenvalue weighted by Gasteiger charge is -2.21. The van der Waals surface area contributed by atoms with Crippen LogP contribution in [0.25, 0.3) is 0 Å². The Morgan fingerprint density at radius 1 is 1.37 bits per heavy atom. The predicted molar refractivity (Wildman–Crippen MR) is 74.4 cm³/mol. The van der Waals surface area contributed by atoms with Crippen molar-refractivity contribution in [3.8, 4) is 0 Å². The van der Waals surface area contributed by atoms with Crippen molar-refractivity contribution in [3.05, 3.63) is 0 Å². The van der Waals surface area contributed by atoms with Gasteiger partial charge in [-0.25, -0.2) is 9.59 Å². The molecule has 0 unspecified atom stereocenters. The molecule has 0 saturated carbocycles. The monoisotopic (exact) mass is 290 g/mol. The Bertz CT molecular complexity index is 314. The molecular weight excluding hydrogens is 268 g/mol. The number of carboxylic acid groups (broad SMARTS) is 1. The Labute approximate surface area is 117 Å². The molecule has 110 valence electrons. The van der Waals surface area contributed by atoms with E-state index >= 15 is 0 Å². The average Bonchev–Trinajstić information content (AvgIpc) is 2.76. The van der Waals surface area contributed by atoms with Crippen LogP contribution in [0.1, 0.15) is 25.7 Å². The zero-order valence-corrected chi connectivity index (χ0v) is 12.0. The highest BCUT2D eigenvalue weighted by molar-refractivity contribution is 7.98. The molecule has 0 aliphatic carbocycles. The van der Waals surface area contributed by atoms with E-state index in [0.29, 0.717) is 6.54 Å². The third kappa shape index (κ3) is 5.28. The van der Waals surface area contributed by atoms with E-state index in [-0.39, 0.29) is 13.0 Å². The van der Waals surface area contributed by atoms with Crippen molar-refractivity contribution in [2.24, 2.45) is 0 Å². The number of carbonyl (C=O) groups is 2. The Hall–Kier alpha value is -0.950. The first-order valence-electron chi connectivity index (χ1n) is 6.50. The van der Waals surface area contributed by atoms with E-state index in [1.165, 1.54) is 4.90 Å². The van der Waals surface area contributed by atoms with Gasteiger partial charge >= 0.3 is 12.0 Å². The Kier molecular flexibility index (Phi) is 7.01. The number of aliphatic hydroxyl groups excluding tert-OH is 1. The van der Waals surface area contributed by atoms with Crippen LogP contribution in [0, 0.1) is 0 Å². The lowest BCUT2D eigenvalue weighted by atomic mass is 10.2. The minimum absolute atomic E-state index is 0.0925. The Morgan fingerprint density at radius 3 is 2.74 bits per heavy atom. The summed E-state index contributed by atoms with van der Waals surface area (Å²) >= 11 is 1.80. The highest BCUT2D eigenvalue weighted by Crippen LogP contribution is 2.18. The molecule has 7 heteroatoms. The minimum Gasteiger partial charge on any atom is -0.480 e. The van der Waals surface area contributed by atoms with Gasteiger partial charge in [0.25, 0.3) is 0 Å². The molecule has 0 radical (unpaired) electrons. The maximum Gasteiger partial charge on any atom is 0.326 e. The highest BCUT2D eigenvalue weighted by Gasteiger charge is 2.38. The van der Waals surface area contributed by atoms with Gasteiger partial charge in [-0.15, -0.1) is 0 Å². The zero-order chi connectivity index (χ0) is 14.3. The number of amides is 2. The molecular formula is C12H22N2O4S. The molecule has 2 amide bonds. The van der Waals surface area contributed by atoms with E-state index in [2.05, 4.69) is 11.6 Å². The molecule has 0 aromatic rings. The summed E-state index contributed by atoms with van der Waals surface area (Å²) in [6.45, 7) is 0.640. The second-order valence-electron chi connectivity index (χ2n) is 4.68. The maximum atomic E-state index is 11.8. The first kappa shape index (κ1) is 16.1. The Balaban J connectivity index is 2.26. The van der Waals surface area contributed by atoms with Crippen molar-refractivity contribution >= 4 is 23.8 Å². The summed E-state index contributed by atoms with van der Waals surface area (Å²) in [5.41, 5.74) is 0. The number of hydrogen-bond donors (Lipinski definition) is 3. The van der Waals surface area contributed by atoms with Gasteiger partial charge in [0, 0.05) is 19.5 Å². The number of rotatable bonds is 7. The van der Waals surface area contributed by atoms with Crippen LogP contribution in [0.2, 0.25) is 0 Å². The van der Waals surface area contributed by atoms with Gasteiger partial charge in [-0.05, 0) is 24.9 Å². The zero-order valence-electron chi connectivity index (χ0n) is 11.2. The van der Waals surface area contributed by atoms with Crippen molar-refractivity contribution in [3.63, 3.8) is 0 Å². The predicted octanol–water partition coefficient (Wildman–Crippen LogP) is 0.749. The quantitative estimate of drug-likeness (QED) is 0.602. The normalized spacial score (nSPS) is 22.5. The van der Waals surface area contributed by atoms with Gasteiger partial charge < -0.3 is 20.4 Å². The van der Waals surface area contributed by atoms with Gasteiger partial charge in [0.15, 0.2) is 0 Å². The molecule has 19 heavy (non-hydrogen) atoms. The number of aliphatic carboxylic acids is 1. The fourth-order valence-electron chi connectivity index (χ4n) is 2.12. The van der Waals surface area contributed by atoms with Crippen molar-refractivity contribution in [1.82, 2.24) is 10.2 Å². The molecule has 0 bridgehead atoms. The van der Waals surface area contributed by atoms with E-state index < -0.39 is 24.1 Å². The van der Waals surface area contributed by atoms with E-state index in [0.717, 1.165) is 25.0 Å². The number of likely N-dealkylation sites (tertiary alicyclic amines) is 1. The van der Waals surface area contributed by atoms with Gasteiger partial charge in [-0.2, -0.15) is 11.8 Å². The highest BCUT2D eigenvalue weighted by atomic mass is 32.2. The summed E-state index contributed by atoms with van der Waals surface area (Å²) in [5.74, 6) is 0.0551. The lowest BCUT2D eigenvalue weighted by Crippen LogP contribution is -2.46. The third-order valence-electron chi connectivity index (χ3n) is 3.13. The first-order valence-corrected chi connectivity index (χ1v) is 7.90. The van der Waals surface area contributed by atoms with E-state index in [9.17, 15) is 14.7 Å². The van der Waals surface area contributed by atoms with Crippen LogP contribution >= 0.6 is 11.8 Å². The fraction of sp³-hybridized carbons (Fsp3) is 0.833. The van der Waals surface area contributed by atoms with Crippen molar-refractivity contribution < 1.29 is 19.8 Å². The number of nitrogens with zero attached hydrogens (tertiary/aromatic N) is 1. The maximum absolute atomic E-state index is 11.8. The molecule has 1 heterocycles. The molecule has 0 spiro atoms. The molecule has 1 rings (SSSR count). The van der Waals surface area contributed by atoms with Gasteiger partial charge in [-0.1, -0.05) is 6.42 Å². The van der Waals surface area contributed by atoms with Crippen LogP contribution in [-0.2, 0) is 4.79 Å². The van der Waals surface area contributed by atoms with E-state index in [1.807, 2.05) is 0 Å². The minimum atomic E-state index is -1.06. The van der Waals surface area contributed by atoms with E-state index in [1.54, 1.807) is 11.8 Å². The number of unbranched alkanes of at least 4 members (excludes halogenated alkanes) is 2. The largest absolute Gasteiger partial charge is 0.480 e. The molecule has 1 fully saturated rings. The summed E-state index contributed by atoms with van der Waals surface area (Å²) in [7, 11) is 0. The summed E-state index contributed by atoms with van der Waals surface area (Å²) in [6, 6.07) is -1.31. The van der Waals surface area contributed by atoms with Crippen LogP contribution < -0.4 is 5.32 Å². The molecule has 0 aromatic carbocycles. The van der Waals surface area contributed by atoms with Gasteiger partial charge in [0.05, 0.1) is 6.10 Å². The number of nitrogens with one attached hydrogen (secondary N) is 1. The second-order valence-corrected chi connectivity index (χ2v) is 5.67. The number of carboxylic acids is 1.